The molecule has 33 heavy (non-hydrogen) atoms. The summed E-state index contributed by atoms with van der Waals surface area (Å²) in [6.45, 7) is 5.70. The van der Waals surface area contributed by atoms with Crippen LogP contribution in [0.1, 0.15) is 50.7 Å². The second-order valence-corrected chi connectivity index (χ2v) is 8.38. The fourth-order valence-corrected chi connectivity index (χ4v) is 4.59. The minimum Gasteiger partial charge on any atom is -0.480 e. The third-order valence-corrected chi connectivity index (χ3v) is 6.72. The summed E-state index contributed by atoms with van der Waals surface area (Å²) in [6, 6.07) is 16.2. The average Bonchev–Trinajstić information content (AvgIpc) is 3.15. The Labute approximate surface area is 194 Å². The van der Waals surface area contributed by atoms with Crippen molar-refractivity contribution < 1.29 is 24.2 Å². The van der Waals surface area contributed by atoms with Gasteiger partial charge in [0.05, 0.1) is 5.41 Å². The minimum atomic E-state index is -1.06. The van der Waals surface area contributed by atoms with E-state index in [9.17, 15) is 14.4 Å². The van der Waals surface area contributed by atoms with Gasteiger partial charge in [0.1, 0.15) is 13.2 Å². The predicted molar refractivity (Wildman–Crippen MR) is 126 cm³/mol. The van der Waals surface area contributed by atoms with E-state index in [1.807, 2.05) is 38.1 Å². The fraction of sp³-hybridized carbons (Fsp3) is 0.423. The van der Waals surface area contributed by atoms with Gasteiger partial charge in [-0.15, -0.1) is 0 Å². The molecule has 0 bridgehead atoms. The van der Waals surface area contributed by atoms with Crippen LogP contribution in [0.5, 0.6) is 0 Å². The Morgan fingerprint density at radius 2 is 1.52 bits per heavy atom. The lowest BCUT2D eigenvalue weighted by Crippen LogP contribution is -2.51. The van der Waals surface area contributed by atoms with Crippen molar-refractivity contribution >= 4 is 18.0 Å². The molecule has 0 saturated carbocycles. The van der Waals surface area contributed by atoms with E-state index in [4.69, 9.17) is 9.84 Å². The summed E-state index contributed by atoms with van der Waals surface area (Å²) in [7, 11) is 0. The zero-order chi connectivity index (χ0) is 24.0. The Hall–Kier alpha value is -3.35. The molecule has 2 aromatic carbocycles. The molecule has 1 aliphatic carbocycles. The molecule has 3 rings (SSSR count). The standard InChI is InChI=1S/C26H32N2O5/c1-4-26(5-2,24(31)28(6-3)15-23(29)30)17-27-25(32)33-16-22-20-13-9-7-11-18(20)19-12-8-10-14-21(19)22/h7-14,22H,4-6,15-17H2,1-3H3,(H,27,32)(H,29,30). The molecule has 2 amide bonds. The van der Waals surface area contributed by atoms with Gasteiger partial charge in [-0.1, -0.05) is 62.4 Å². The highest BCUT2D eigenvalue weighted by Gasteiger charge is 2.39. The van der Waals surface area contributed by atoms with Crippen LogP contribution in [0.25, 0.3) is 11.1 Å². The first kappa shape index (κ1) is 24.3. The number of alkyl carbamates (subject to hydrolysis) is 1. The van der Waals surface area contributed by atoms with Gasteiger partial charge in [-0.05, 0) is 42.0 Å². The molecule has 2 aromatic rings. The molecule has 0 aliphatic heterocycles. The van der Waals surface area contributed by atoms with E-state index in [-0.39, 0.29) is 38.1 Å². The van der Waals surface area contributed by atoms with Crippen LogP contribution >= 0.6 is 0 Å². The van der Waals surface area contributed by atoms with Gasteiger partial charge >= 0.3 is 12.1 Å². The Morgan fingerprint density at radius 1 is 0.970 bits per heavy atom. The Kier molecular flexibility index (Phi) is 7.74. The average molecular weight is 453 g/mol. The largest absolute Gasteiger partial charge is 0.480 e. The lowest BCUT2D eigenvalue weighted by Gasteiger charge is -2.35. The molecule has 0 radical (unpaired) electrons. The molecule has 7 nitrogen and oxygen atoms in total. The second-order valence-electron chi connectivity index (χ2n) is 8.38. The van der Waals surface area contributed by atoms with Gasteiger partial charge in [0.2, 0.25) is 5.91 Å². The van der Waals surface area contributed by atoms with Crippen LogP contribution in [0.2, 0.25) is 0 Å². The minimum absolute atomic E-state index is 0.0435. The molecule has 0 atom stereocenters. The van der Waals surface area contributed by atoms with Crippen LogP contribution in [-0.2, 0) is 14.3 Å². The van der Waals surface area contributed by atoms with Gasteiger partial charge in [-0.25, -0.2) is 4.79 Å². The van der Waals surface area contributed by atoms with Gasteiger partial charge in [0.15, 0.2) is 0 Å². The molecule has 0 fully saturated rings. The summed E-state index contributed by atoms with van der Waals surface area (Å²) in [5.74, 6) is -1.37. The number of nitrogens with zero attached hydrogens (tertiary/aromatic N) is 1. The van der Waals surface area contributed by atoms with Gasteiger partial charge in [0, 0.05) is 19.0 Å². The fourth-order valence-electron chi connectivity index (χ4n) is 4.59. The first-order valence-electron chi connectivity index (χ1n) is 11.5. The number of rotatable bonds is 10. The predicted octanol–water partition coefficient (Wildman–Crippen LogP) is 4.26. The zero-order valence-electron chi connectivity index (χ0n) is 19.5. The molecule has 0 spiro atoms. The molecular formula is C26H32N2O5. The lowest BCUT2D eigenvalue weighted by atomic mass is 9.80. The number of carboxylic acid groups (broad SMARTS) is 1. The van der Waals surface area contributed by atoms with Crippen molar-refractivity contribution in [3.8, 4) is 11.1 Å². The zero-order valence-corrected chi connectivity index (χ0v) is 19.5. The van der Waals surface area contributed by atoms with E-state index in [2.05, 4.69) is 29.6 Å². The van der Waals surface area contributed by atoms with E-state index in [1.54, 1.807) is 6.92 Å². The first-order valence-corrected chi connectivity index (χ1v) is 11.5. The molecule has 0 aromatic heterocycles. The van der Waals surface area contributed by atoms with Crippen LogP contribution in [-0.4, -0.2) is 54.2 Å². The molecule has 7 heteroatoms. The van der Waals surface area contributed by atoms with Crippen molar-refractivity contribution in [2.24, 2.45) is 5.41 Å². The maximum Gasteiger partial charge on any atom is 0.407 e. The number of carbonyl (C=O) groups excluding carboxylic acids is 2. The summed E-state index contributed by atoms with van der Waals surface area (Å²) in [4.78, 5) is 38.2. The smallest absolute Gasteiger partial charge is 0.407 e. The van der Waals surface area contributed by atoms with E-state index in [0.29, 0.717) is 12.8 Å². The number of benzene rings is 2. The first-order chi connectivity index (χ1) is 15.9. The Balaban J connectivity index is 1.66. The van der Waals surface area contributed by atoms with Crippen molar-refractivity contribution in [3.05, 3.63) is 59.7 Å². The number of ether oxygens (including phenoxy) is 1. The van der Waals surface area contributed by atoms with Gasteiger partial charge in [-0.3, -0.25) is 9.59 Å². The van der Waals surface area contributed by atoms with Crippen molar-refractivity contribution in [1.29, 1.82) is 0 Å². The molecule has 2 N–H and O–H groups in total. The monoisotopic (exact) mass is 452 g/mol. The quantitative estimate of drug-likeness (QED) is 0.561. The van der Waals surface area contributed by atoms with Crippen LogP contribution in [0, 0.1) is 5.41 Å². The molecular weight excluding hydrogens is 420 g/mol. The number of aliphatic carboxylic acids is 1. The highest BCUT2D eigenvalue weighted by atomic mass is 16.5. The number of fused-ring (bicyclic) bond motifs is 3. The number of nitrogens with one attached hydrogen (secondary N) is 1. The number of carboxylic acids is 1. The van der Waals surface area contributed by atoms with Gasteiger partial charge < -0.3 is 20.1 Å². The molecule has 176 valence electrons. The van der Waals surface area contributed by atoms with E-state index >= 15 is 0 Å². The van der Waals surface area contributed by atoms with E-state index in [0.717, 1.165) is 22.3 Å². The van der Waals surface area contributed by atoms with Gasteiger partial charge in [0.25, 0.3) is 0 Å². The number of amides is 2. The summed E-state index contributed by atoms with van der Waals surface area (Å²) < 4.78 is 5.59. The summed E-state index contributed by atoms with van der Waals surface area (Å²) in [5, 5.41) is 11.9. The van der Waals surface area contributed by atoms with E-state index < -0.39 is 17.5 Å². The van der Waals surface area contributed by atoms with Crippen LogP contribution in [0.15, 0.2) is 48.5 Å². The topological polar surface area (TPSA) is 95.9 Å². The summed E-state index contributed by atoms with van der Waals surface area (Å²) in [6.07, 6.45) is 0.363. The molecule has 0 unspecified atom stereocenters. The second kappa shape index (κ2) is 10.5. The number of carbonyl (C=O) groups is 3. The third-order valence-electron chi connectivity index (χ3n) is 6.72. The number of hydrogen-bond donors (Lipinski definition) is 2. The summed E-state index contributed by atoms with van der Waals surface area (Å²) in [5.41, 5.74) is 3.69. The normalized spacial score (nSPS) is 12.6. The van der Waals surface area contributed by atoms with Crippen molar-refractivity contribution in [2.75, 3.05) is 26.2 Å². The van der Waals surface area contributed by atoms with Crippen molar-refractivity contribution in [1.82, 2.24) is 10.2 Å². The molecule has 0 saturated heterocycles. The van der Waals surface area contributed by atoms with E-state index in [1.165, 1.54) is 4.90 Å². The van der Waals surface area contributed by atoms with Crippen molar-refractivity contribution in [3.63, 3.8) is 0 Å². The molecule has 0 heterocycles. The van der Waals surface area contributed by atoms with Crippen LogP contribution in [0.4, 0.5) is 4.79 Å². The lowest BCUT2D eigenvalue weighted by molar-refractivity contribution is -0.150. The SMILES string of the molecule is CCN(CC(=O)O)C(=O)C(CC)(CC)CNC(=O)OCC1c2ccccc2-c2ccccc21. The number of likely N-dealkylation sites (N-methyl/N-ethyl adjacent to an activating group) is 1. The van der Waals surface area contributed by atoms with Gasteiger partial charge in [-0.2, -0.15) is 0 Å². The highest BCUT2D eigenvalue weighted by molar-refractivity contribution is 5.86. The Bertz CT molecular complexity index is 970. The maximum absolute atomic E-state index is 13.1. The van der Waals surface area contributed by atoms with Crippen LogP contribution < -0.4 is 5.32 Å². The van der Waals surface area contributed by atoms with Crippen LogP contribution in [0.3, 0.4) is 0 Å². The maximum atomic E-state index is 13.1. The Morgan fingerprint density at radius 3 is 2.00 bits per heavy atom. The molecule has 1 aliphatic rings. The third kappa shape index (κ3) is 5.02. The number of hydrogen-bond acceptors (Lipinski definition) is 4. The van der Waals surface area contributed by atoms with Crippen molar-refractivity contribution in [2.45, 2.75) is 39.5 Å². The highest BCUT2D eigenvalue weighted by Crippen LogP contribution is 2.44. The summed E-state index contributed by atoms with van der Waals surface area (Å²) >= 11 is 0.